The topological polar surface area (TPSA) is 17.1 Å². The summed E-state index contributed by atoms with van der Waals surface area (Å²) in [5, 5.41) is 0. The van der Waals surface area contributed by atoms with Gasteiger partial charge in [0.2, 0.25) is 0 Å². The van der Waals surface area contributed by atoms with Crippen LogP contribution in [-0.2, 0) is 4.79 Å². The molecule has 1 rings (SSSR count). The van der Waals surface area contributed by atoms with Crippen LogP contribution >= 0.6 is 0 Å². The van der Waals surface area contributed by atoms with Crippen LogP contribution in [0, 0.1) is 0 Å². The molecule has 0 heterocycles. The van der Waals surface area contributed by atoms with Crippen LogP contribution in [0.25, 0.3) is 0 Å². The summed E-state index contributed by atoms with van der Waals surface area (Å²) in [6.07, 6.45) is 4.09. The van der Waals surface area contributed by atoms with E-state index in [1.165, 1.54) is 5.57 Å². The second kappa shape index (κ2) is 2.82. The molecule has 1 aliphatic rings. The predicted octanol–water partition coefficient (Wildman–Crippen LogP) is 2.24. The van der Waals surface area contributed by atoms with Crippen molar-refractivity contribution < 1.29 is 4.79 Å². The smallest absolute Gasteiger partial charge is 0.146 e. The molecule has 1 heteroatoms. The molecule has 0 aromatic carbocycles. The van der Waals surface area contributed by atoms with Crippen LogP contribution in [0.4, 0.5) is 0 Å². The van der Waals surface area contributed by atoms with Crippen molar-refractivity contribution in [3.05, 3.63) is 23.3 Å². The van der Waals surface area contributed by atoms with Crippen molar-refractivity contribution in [1.82, 2.24) is 0 Å². The Bertz CT molecular complexity index is 199. The molecule has 0 unspecified atom stereocenters. The van der Waals surface area contributed by atoms with Gasteiger partial charge < -0.3 is 0 Å². The third kappa shape index (κ3) is 1.18. The summed E-state index contributed by atoms with van der Waals surface area (Å²) in [6.45, 7) is 5.78. The van der Waals surface area contributed by atoms with E-state index in [2.05, 4.69) is 6.58 Å². The van der Waals surface area contributed by atoms with Gasteiger partial charge in [0.25, 0.3) is 0 Å². The van der Waals surface area contributed by atoms with Crippen molar-refractivity contribution in [3.8, 4) is 0 Å². The minimum Gasteiger partial charge on any atom is -0.298 e. The highest BCUT2D eigenvalue weighted by molar-refractivity contribution is 5.77. The van der Waals surface area contributed by atoms with E-state index in [1.54, 1.807) is 0 Å². The number of aldehydes is 1. The predicted molar refractivity (Wildman–Crippen MR) is 41.8 cm³/mol. The van der Waals surface area contributed by atoms with Crippen LogP contribution in [0.15, 0.2) is 23.3 Å². The van der Waals surface area contributed by atoms with E-state index in [9.17, 15) is 4.79 Å². The third-order valence-corrected chi connectivity index (χ3v) is 1.92. The molecule has 0 N–H and O–H groups in total. The fourth-order valence-corrected chi connectivity index (χ4v) is 1.38. The first-order valence-corrected chi connectivity index (χ1v) is 3.59. The number of hydrogen-bond acceptors (Lipinski definition) is 1. The van der Waals surface area contributed by atoms with Crippen molar-refractivity contribution in [2.75, 3.05) is 0 Å². The standard InChI is InChI=1S/C9H12O/c1-7(2)9-5-3-4-8(9)6-10/h6H,1,3-5H2,2H3. The first-order valence-electron chi connectivity index (χ1n) is 3.59. The Balaban J connectivity index is 2.88. The Morgan fingerprint density at radius 3 is 2.70 bits per heavy atom. The molecule has 0 saturated carbocycles. The number of hydrogen-bond donors (Lipinski definition) is 0. The second-order valence-corrected chi connectivity index (χ2v) is 2.76. The molecule has 1 nitrogen and oxygen atoms in total. The molecule has 0 amide bonds. The summed E-state index contributed by atoms with van der Waals surface area (Å²) in [7, 11) is 0. The highest BCUT2D eigenvalue weighted by Gasteiger charge is 2.13. The van der Waals surface area contributed by atoms with E-state index >= 15 is 0 Å². The Labute approximate surface area is 61.4 Å². The van der Waals surface area contributed by atoms with E-state index in [1.807, 2.05) is 6.92 Å². The fraction of sp³-hybridized carbons (Fsp3) is 0.444. The van der Waals surface area contributed by atoms with Gasteiger partial charge in [0.1, 0.15) is 6.29 Å². The number of allylic oxidation sites excluding steroid dienone is 3. The molecular weight excluding hydrogens is 124 g/mol. The number of carbonyl (C=O) groups excluding carboxylic acids is 1. The minimum absolute atomic E-state index is 0.950. The van der Waals surface area contributed by atoms with Crippen LogP contribution in [0.3, 0.4) is 0 Å². The van der Waals surface area contributed by atoms with Gasteiger partial charge in [-0.25, -0.2) is 0 Å². The van der Waals surface area contributed by atoms with Gasteiger partial charge >= 0.3 is 0 Å². The zero-order chi connectivity index (χ0) is 7.56. The zero-order valence-corrected chi connectivity index (χ0v) is 6.31. The Morgan fingerprint density at radius 1 is 1.60 bits per heavy atom. The van der Waals surface area contributed by atoms with Gasteiger partial charge in [0.15, 0.2) is 0 Å². The summed E-state index contributed by atoms with van der Waals surface area (Å²) in [4.78, 5) is 10.4. The molecule has 0 saturated heterocycles. The lowest BCUT2D eigenvalue weighted by Crippen LogP contribution is -1.85. The highest BCUT2D eigenvalue weighted by Crippen LogP contribution is 2.28. The fourth-order valence-electron chi connectivity index (χ4n) is 1.38. The average Bonchev–Trinajstić information content (AvgIpc) is 2.33. The van der Waals surface area contributed by atoms with Gasteiger partial charge in [-0.1, -0.05) is 12.2 Å². The molecule has 0 fully saturated rings. The van der Waals surface area contributed by atoms with Gasteiger partial charge in [-0.2, -0.15) is 0 Å². The lowest BCUT2D eigenvalue weighted by atomic mass is 10.1. The van der Waals surface area contributed by atoms with Crippen LogP contribution in [-0.4, -0.2) is 6.29 Å². The van der Waals surface area contributed by atoms with Crippen molar-refractivity contribution in [3.63, 3.8) is 0 Å². The van der Waals surface area contributed by atoms with Crippen LogP contribution < -0.4 is 0 Å². The largest absolute Gasteiger partial charge is 0.298 e. The van der Waals surface area contributed by atoms with Crippen LogP contribution in [0.1, 0.15) is 26.2 Å². The Morgan fingerprint density at radius 2 is 2.30 bits per heavy atom. The van der Waals surface area contributed by atoms with Crippen molar-refractivity contribution in [2.24, 2.45) is 0 Å². The molecule has 1 aliphatic carbocycles. The van der Waals surface area contributed by atoms with E-state index < -0.39 is 0 Å². The van der Waals surface area contributed by atoms with E-state index in [-0.39, 0.29) is 0 Å². The maximum absolute atomic E-state index is 10.4. The quantitative estimate of drug-likeness (QED) is 0.532. The van der Waals surface area contributed by atoms with Gasteiger partial charge in [-0.3, -0.25) is 4.79 Å². The monoisotopic (exact) mass is 136 g/mol. The first-order chi connectivity index (χ1) is 4.75. The number of carbonyl (C=O) groups is 1. The maximum Gasteiger partial charge on any atom is 0.146 e. The van der Waals surface area contributed by atoms with E-state index in [0.29, 0.717) is 0 Å². The van der Waals surface area contributed by atoms with Gasteiger partial charge in [-0.05, 0) is 37.3 Å². The summed E-state index contributed by atoms with van der Waals surface area (Å²) in [6, 6.07) is 0. The van der Waals surface area contributed by atoms with Crippen LogP contribution in [0.2, 0.25) is 0 Å². The molecule has 0 bridgehead atoms. The molecular formula is C9H12O. The third-order valence-electron chi connectivity index (χ3n) is 1.92. The van der Waals surface area contributed by atoms with Crippen molar-refractivity contribution in [1.29, 1.82) is 0 Å². The van der Waals surface area contributed by atoms with Crippen molar-refractivity contribution in [2.45, 2.75) is 26.2 Å². The van der Waals surface area contributed by atoms with E-state index in [4.69, 9.17) is 0 Å². The molecule has 0 spiro atoms. The Hall–Kier alpha value is -0.850. The van der Waals surface area contributed by atoms with E-state index in [0.717, 1.165) is 36.7 Å². The summed E-state index contributed by atoms with van der Waals surface area (Å²) < 4.78 is 0. The summed E-state index contributed by atoms with van der Waals surface area (Å²) in [5.41, 5.74) is 3.21. The molecule has 0 atom stereocenters. The summed E-state index contributed by atoms with van der Waals surface area (Å²) >= 11 is 0. The van der Waals surface area contributed by atoms with Gasteiger partial charge in [0, 0.05) is 0 Å². The molecule has 0 aliphatic heterocycles. The number of rotatable bonds is 2. The normalized spacial score (nSPS) is 17.7. The molecule has 54 valence electrons. The minimum atomic E-state index is 0.950. The molecule has 0 aromatic rings. The SMILES string of the molecule is C=C(C)C1=C(C=O)CCC1. The maximum atomic E-state index is 10.4. The van der Waals surface area contributed by atoms with Crippen molar-refractivity contribution >= 4 is 6.29 Å². The van der Waals surface area contributed by atoms with Crippen LogP contribution in [0.5, 0.6) is 0 Å². The second-order valence-electron chi connectivity index (χ2n) is 2.76. The first kappa shape index (κ1) is 7.26. The lowest BCUT2D eigenvalue weighted by molar-refractivity contribution is -0.105. The zero-order valence-electron chi connectivity index (χ0n) is 6.31. The molecule has 0 aromatic heterocycles. The Kier molecular flexibility index (Phi) is 2.05. The average molecular weight is 136 g/mol. The molecule has 10 heavy (non-hydrogen) atoms. The van der Waals surface area contributed by atoms with Gasteiger partial charge in [-0.15, -0.1) is 0 Å². The highest BCUT2D eigenvalue weighted by atomic mass is 16.1. The molecule has 0 radical (unpaired) electrons. The lowest BCUT2D eigenvalue weighted by Gasteiger charge is -1.98. The van der Waals surface area contributed by atoms with Gasteiger partial charge in [0.05, 0.1) is 0 Å². The summed E-state index contributed by atoms with van der Waals surface area (Å²) in [5.74, 6) is 0.